The molecule has 0 radical (unpaired) electrons. The molecule has 2 fully saturated rings. The molecule has 3 heterocycles. The highest BCUT2D eigenvalue weighted by Crippen LogP contribution is 2.27. The van der Waals surface area contributed by atoms with Crippen LogP contribution in [0.2, 0.25) is 0 Å². The summed E-state index contributed by atoms with van der Waals surface area (Å²) in [5, 5.41) is 0. The number of rotatable bonds is 1. The lowest BCUT2D eigenvalue weighted by molar-refractivity contribution is -0.129. The summed E-state index contributed by atoms with van der Waals surface area (Å²) in [4.78, 5) is 19.6. The summed E-state index contributed by atoms with van der Waals surface area (Å²) >= 11 is 3.20. The molecule has 96 valence electrons. The van der Waals surface area contributed by atoms with Gasteiger partial charge >= 0.3 is 0 Å². The summed E-state index contributed by atoms with van der Waals surface area (Å²) in [5.74, 6) is 0.295. The molecular weight excluding hydrogens is 301 g/mol. The maximum atomic E-state index is 13.8. The molecule has 1 amide bonds. The number of carbonyl (C=O) groups is 1. The van der Waals surface area contributed by atoms with Crippen LogP contribution >= 0.6 is 15.9 Å². The van der Waals surface area contributed by atoms with Crippen molar-refractivity contribution in [3.63, 3.8) is 0 Å². The van der Waals surface area contributed by atoms with E-state index >= 15 is 0 Å². The fourth-order valence-corrected chi connectivity index (χ4v) is 3.00. The highest BCUT2D eigenvalue weighted by Gasteiger charge is 2.36. The van der Waals surface area contributed by atoms with Crippen LogP contribution in [0.1, 0.15) is 12.8 Å². The van der Waals surface area contributed by atoms with Crippen LogP contribution in [-0.4, -0.2) is 41.5 Å². The van der Waals surface area contributed by atoms with Crippen LogP contribution in [-0.2, 0) is 4.79 Å². The lowest BCUT2D eigenvalue weighted by Gasteiger charge is -2.38. The molecular formula is C12H13BrFN3O. The van der Waals surface area contributed by atoms with Crippen LogP contribution in [0.4, 0.5) is 10.2 Å². The monoisotopic (exact) mass is 313 g/mol. The number of hydrogen-bond acceptors (Lipinski definition) is 3. The van der Waals surface area contributed by atoms with Crippen molar-refractivity contribution in [3.05, 3.63) is 22.6 Å². The summed E-state index contributed by atoms with van der Waals surface area (Å²) in [6.45, 7) is 1.99. The molecule has 2 saturated heterocycles. The zero-order valence-corrected chi connectivity index (χ0v) is 11.4. The lowest BCUT2D eigenvalue weighted by atomic mass is 10.1. The van der Waals surface area contributed by atoms with Gasteiger partial charge in [0.05, 0.1) is 0 Å². The number of amides is 1. The van der Waals surface area contributed by atoms with Crippen molar-refractivity contribution in [3.8, 4) is 0 Å². The van der Waals surface area contributed by atoms with E-state index in [0.717, 1.165) is 6.42 Å². The maximum Gasteiger partial charge on any atom is 0.223 e. The van der Waals surface area contributed by atoms with E-state index in [4.69, 9.17) is 0 Å². The van der Waals surface area contributed by atoms with Crippen LogP contribution in [0, 0.1) is 5.82 Å². The minimum absolute atomic E-state index is 0.219. The lowest BCUT2D eigenvalue weighted by Crippen LogP contribution is -2.52. The quantitative estimate of drug-likeness (QED) is 0.793. The van der Waals surface area contributed by atoms with Crippen LogP contribution in [0.15, 0.2) is 16.7 Å². The number of carbonyl (C=O) groups excluding carboxylic acids is 1. The fourth-order valence-electron chi connectivity index (χ4n) is 2.70. The van der Waals surface area contributed by atoms with Gasteiger partial charge in [0, 0.05) is 42.8 Å². The molecule has 1 atom stereocenters. The number of fused-ring (bicyclic) bond motifs is 1. The summed E-state index contributed by atoms with van der Waals surface area (Å²) in [6, 6.07) is 1.64. The van der Waals surface area contributed by atoms with E-state index in [1.54, 1.807) is 6.20 Å². The molecule has 0 saturated carbocycles. The Balaban J connectivity index is 1.80. The topological polar surface area (TPSA) is 36.4 Å². The zero-order chi connectivity index (χ0) is 12.7. The van der Waals surface area contributed by atoms with E-state index in [2.05, 4.69) is 20.9 Å². The Morgan fingerprint density at radius 1 is 1.44 bits per heavy atom. The minimum atomic E-state index is -0.317. The third-order valence-corrected chi connectivity index (χ3v) is 4.02. The molecule has 0 bridgehead atoms. The van der Waals surface area contributed by atoms with Crippen LogP contribution < -0.4 is 4.90 Å². The van der Waals surface area contributed by atoms with Gasteiger partial charge in [0.2, 0.25) is 5.91 Å². The average molecular weight is 314 g/mol. The molecule has 0 aliphatic carbocycles. The average Bonchev–Trinajstić information content (AvgIpc) is 2.71. The summed E-state index contributed by atoms with van der Waals surface area (Å²) in [7, 11) is 0. The molecule has 6 heteroatoms. The van der Waals surface area contributed by atoms with Gasteiger partial charge in [0.15, 0.2) is 11.6 Å². The van der Waals surface area contributed by atoms with E-state index < -0.39 is 0 Å². The zero-order valence-electron chi connectivity index (χ0n) is 9.77. The summed E-state index contributed by atoms with van der Waals surface area (Å²) in [5.41, 5.74) is 0. The van der Waals surface area contributed by atoms with E-state index in [1.165, 1.54) is 6.07 Å². The van der Waals surface area contributed by atoms with E-state index in [9.17, 15) is 9.18 Å². The molecule has 4 nitrogen and oxygen atoms in total. The molecule has 2 aliphatic heterocycles. The first kappa shape index (κ1) is 11.9. The molecule has 0 spiro atoms. The number of anilines is 1. The van der Waals surface area contributed by atoms with Crippen molar-refractivity contribution >= 4 is 27.7 Å². The van der Waals surface area contributed by atoms with Gasteiger partial charge in [0.25, 0.3) is 0 Å². The second-order valence-electron chi connectivity index (χ2n) is 4.68. The molecule has 3 rings (SSSR count). The van der Waals surface area contributed by atoms with Crippen molar-refractivity contribution < 1.29 is 9.18 Å². The Morgan fingerprint density at radius 2 is 2.28 bits per heavy atom. The first-order valence-corrected chi connectivity index (χ1v) is 6.80. The van der Waals surface area contributed by atoms with Gasteiger partial charge in [-0.25, -0.2) is 9.37 Å². The first-order chi connectivity index (χ1) is 8.65. The Morgan fingerprint density at radius 3 is 3.06 bits per heavy atom. The van der Waals surface area contributed by atoms with Crippen LogP contribution in [0.3, 0.4) is 0 Å². The van der Waals surface area contributed by atoms with Crippen molar-refractivity contribution in [1.29, 1.82) is 0 Å². The van der Waals surface area contributed by atoms with Gasteiger partial charge in [0.1, 0.15) is 0 Å². The number of piperazine rings is 1. The number of aromatic nitrogens is 1. The molecule has 1 unspecified atom stereocenters. The van der Waals surface area contributed by atoms with Gasteiger partial charge in [-0.2, -0.15) is 0 Å². The smallest absolute Gasteiger partial charge is 0.223 e. The highest BCUT2D eigenvalue weighted by atomic mass is 79.9. The Labute approximate surface area is 113 Å². The minimum Gasteiger partial charge on any atom is -0.350 e. The number of nitrogens with zero attached hydrogens (tertiary/aromatic N) is 3. The van der Waals surface area contributed by atoms with Crippen LogP contribution in [0.25, 0.3) is 0 Å². The van der Waals surface area contributed by atoms with E-state index in [-0.39, 0.29) is 17.8 Å². The molecule has 1 aromatic rings. The SMILES string of the molecule is O=C1CCC2CN(c3ncc(Br)cc3F)CCN12. The summed E-state index contributed by atoms with van der Waals surface area (Å²) in [6.07, 6.45) is 3.09. The Kier molecular flexibility index (Phi) is 2.97. The fraction of sp³-hybridized carbons (Fsp3) is 0.500. The van der Waals surface area contributed by atoms with Gasteiger partial charge in [-0.1, -0.05) is 0 Å². The van der Waals surface area contributed by atoms with Gasteiger partial charge < -0.3 is 9.80 Å². The number of hydrogen-bond donors (Lipinski definition) is 0. The molecule has 0 aromatic carbocycles. The number of halogens is 2. The van der Waals surface area contributed by atoms with Crippen LogP contribution in [0.5, 0.6) is 0 Å². The van der Waals surface area contributed by atoms with Gasteiger partial charge in [-0.3, -0.25) is 4.79 Å². The predicted molar refractivity (Wildman–Crippen MR) is 68.8 cm³/mol. The Bertz CT molecular complexity index is 496. The van der Waals surface area contributed by atoms with Crippen molar-refractivity contribution in [2.24, 2.45) is 0 Å². The molecule has 0 N–H and O–H groups in total. The molecule has 18 heavy (non-hydrogen) atoms. The first-order valence-electron chi connectivity index (χ1n) is 6.00. The number of pyridine rings is 1. The van der Waals surface area contributed by atoms with E-state index in [1.807, 2.05) is 9.80 Å². The summed E-state index contributed by atoms with van der Waals surface area (Å²) < 4.78 is 14.5. The second kappa shape index (κ2) is 4.50. The third-order valence-electron chi connectivity index (χ3n) is 3.58. The van der Waals surface area contributed by atoms with Crippen molar-refractivity contribution in [2.75, 3.05) is 24.5 Å². The second-order valence-corrected chi connectivity index (χ2v) is 5.60. The van der Waals surface area contributed by atoms with Crippen molar-refractivity contribution in [2.45, 2.75) is 18.9 Å². The van der Waals surface area contributed by atoms with E-state index in [0.29, 0.717) is 36.3 Å². The normalized spacial score (nSPS) is 23.4. The molecule has 1 aromatic heterocycles. The predicted octanol–water partition coefficient (Wildman–Crippen LogP) is 1.79. The standard InChI is InChI=1S/C12H13BrFN3O/c13-8-5-10(14)12(15-6-8)16-3-4-17-9(7-16)1-2-11(17)18/h5-6,9H,1-4,7H2. The Hall–Kier alpha value is -1.17. The van der Waals surface area contributed by atoms with Gasteiger partial charge in [-0.05, 0) is 28.4 Å². The van der Waals surface area contributed by atoms with Crippen molar-refractivity contribution in [1.82, 2.24) is 9.88 Å². The largest absolute Gasteiger partial charge is 0.350 e. The highest BCUT2D eigenvalue weighted by molar-refractivity contribution is 9.10. The van der Waals surface area contributed by atoms with Gasteiger partial charge in [-0.15, -0.1) is 0 Å². The molecule has 2 aliphatic rings. The third kappa shape index (κ3) is 1.98. The maximum absolute atomic E-state index is 13.8.